The summed E-state index contributed by atoms with van der Waals surface area (Å²) < 4.78 is 2.45. The van der Waals surface area contributed by atoms with E-state index in [9.17, 15) is 0 Å². The smallest absolute Gasteiger partial charge is 0.0619 e. The maximum absolute atomic E-state index is 2.45. The average Bonchev–Trinajstić information content (AvgIpc) is 3.73. The SMILES string of the molecule is c1ccc(-c2cc(-c3ccccc3)cc(-c3ccc(N(c4cccc(-c5cccc6c5c5ccc7ccccc7c5n6-c5ccccc5)c4)c4ccc5ccccc5c4)cc3)c2)cc1. The van der Waals surface area contributed by atoms with Gasteiger partial charge in [-0.15, -0.1) is 0 Å². The molecule has 0 atom stereocenters. The van der Waals surface area contributed by atoms with Crippen LogP contribution in [0, 0.1) is 0 Å². The van der Waals surface area contributed by atoms with Crippen LogP contribution in [0.2, 0.25) is 0 Å². The van der Waals surface area contributed by atoms with Gasteiger partial charge in [0.2, 0.25) is 0 Å². The third-order valence-corrected chi connectivity index (χ3v) is 12.7. The Morgan fingerprint density at radius 3 is 1.52 bits per heavy atom. The van der Waals surface area contributed by atoms with Crippen LogP contribution in [0.4, 0.5) is 17.1 Å². The summed E-state index contributed by atoms with van der Waals surface area (Å²) >= 11 is 0. The largest absolute Gasteiger partial charge is 0.310 e. The van der Waals surface area contributed by atoms with Crippen LogP contribution in [0.15, 0.2) is 255 Å². The van der Waals surface area contributed by atoms with Gasteiger partial charge in [0, 0.05) is 38.9 Å². The first-order valence-electron chi connectivity index (χ1n) is 22.0. The fourth-order valence-electron chi connectivity index (χ4n) is 9.68. The van der Waals surface area contributed by atoms with Gasteiger partial charge in [0.25, 0.3) is 0 Å². The first-order valence-corrected chi connectivity index (χ1v) is 22.0. The first-order chi connectivity index (χ1) is 31.7. The Bertz CT molecular complexity index is 3590. The third-order valence-electron chi connectivity index (χ3n) is 12.7. The van der Waals surface area contributed by atoms with Crippen molar-refractivity contribution in [3.8, 4) is 50.2 Å². The zero-order chi connectivity index (χ0) is 42.4. The van der Waals surface area contributed by atoms with Crippen LogP contribution < -0.4 is 4.90 Å². The zero-order valence-electron chi connectivity index (χ0n) is 35.1. The molecule has 2 heteroatoms. The lowest BCUT2D eigenvalue weighted by atomic mass is 9.93. The summed E-state index contributed by atoms with van der Waals surface area (Å²) in [5.74, 6) is 0. The van der Waals surface area contributed by atoms with E-state index in [0.29, 0.717) is 0 Å². The molecule has 0 N–H and O–H groups in total. The summed E-state index contributed by atoms with van der Waals surface area (Å²) in [5, 5.41) is 7.39. The number of para-hydroxylation sites is 1. The molecule has 12 rings (SSSR count). The van der Waals surface area contributed by atoms with E-state index in [1.54, 1.807) is 0 Å². The van der Waals surface area contributed by atoms with Crippen molar-refractivity contribution in [3.63, 3.8) is 0 Å². The second kappa shape index (κ2) is 15.8. The van der Waals surface area contributed by atoms with E-state index in [1.807, 2.05) is 0 Å². The minimum Gasteiger partial charge on any atom is -0.310 e. The minimum atomic E-state index is 1.09. The summed E-state index contributed by atoms with van der Waals surface area (Å²) in [6.07, 6.45) is 0. The lowest BCUT2D eigenvalue weighted by Crippen LogP contribution is -2.10. The Kier molecular flexibility index (Phi) is 9.20. The Balaban J connectivity index is 1.01. The molecule has 300 valence electrons. The number of benzene rings is 11. The van der Waals surface area contributed by atoms with E-state index in [-0.39, 0.29) is 0 Å². The van der Waals surface area contributed by atoms with E-state index >= 15 is 0 Å². The van der Waals surface area contributed by atoms with Crippen LogP contribution >= 0.6 is 0 Å². The van der Waals surface area contributed by atoms with Gasteiger partial charge in [0.05, 0.1) is 11.0 Å². The molecule has 0 amide bonds. The number of nitrogens with zero attached hydrogens (tertiary/aromatic N) is 2. The summed E-state index contributed by atoms with van der Waals surface area (Å²) in [5.41, 5.74) is 16.4. The van der Waals surface area contributed by atoms with Gasteiger partial charge >= 0.3 is 0 Å². The topological polar surface area (TPSA) is 8.17 Å². The summed E-state index contributed by atoms with van der Waals surface area (Å²) in [7, 11) is 0. The van der Waals surface area contributed by atoms with E-state index in [0.717, 1.165) is 28.3 Å². The predicted octanol–water partition coefficient (Wildman–Crippen LogP) is 17.2. The highest BCUT2D eigenvalue weighted by Crippen LogP contribution is 2.44. The number of hydrogen-bond donors (Lipinski definition) is 0. The number of hydrogen-bond acceptors (Lipinski definition) is 1. The molecule has 0 bridgehead atoms. The van der Waals surface area contributed by atoms with E-state index in [4.69, 9.17) is 0 Å². The van der Waals surface area contributed by atoms with Crippen LogP contribution in [0.3, 0.4) is 0 Å². The van der Waals surface area contributed by atoms with Crippen LogP contribution in [0.25, 0.3) is 93.5 Å². The van der Waals surface area contributed by atoms with Gasteiger partial charge in [-0.25, -0.2) is 0 Å². The van der Waals surface area contributed by atoms with Crippen LogP contribution in [-0.2, 0) is 0 Å². The second-order valence-electron chi connectivity index (χ2n) is 16.5. The molecule has 12 aromatic rings. The lowest BCUT2D eigenvalue weighted by molar-refractivity contribution is 1.19. The molecule has 1 aromatic heterocycles. The third kappa shape index (κ3) is 6.61. The minimum absolute atomic E-state index is 1.09. The van der Waals surface area contributed by atoms with Crippen LogP contribution in [0.5, 0.6) is 0 Å². The maximum Gasteiger partial charge on any atom is 0.0619 e. The Morgan fingerprint density at radius 2 is 0.812 bits per heavy atom. The fraction of sp³-hybridized carbons (Fsp3) is 0. The number of aromatic nitrogens is 1. The van der Waals surface area contributed by atoms with Crippen LogP contribution in [0.1, 0.15) is 0 Å². The monoisotopic (exact) mass is 814 g/mol. The predicted molar refractivity (Wildman–Crippen MR) is 272 cm³/mol. The van der Waals surface area contributed by atoms with Crippen molar-refractivity contribution >= 4 is 60.4 Å². The van der Waals surface area contributed by atoms with Gasteiger partial charge in [0.1, 0.15) is 0 Å². The van der Waals surface area contributed by atoms with Crippen molar-refractivity contribution in [1.29, 1.82) is 0 Å². The van der Waals surface area contributed by atoms with E-state index < -0.39 is 0 Å². The highest BCUT2D eigenvalue weighted by Gasteiger charge is 2.20. The number of rotatable bonds is 8. The molecule has 0 spiro atoms. The molecule has 0 fully saturated rings. The summed E-state index contributed by atoms with van der Waals surface area (Å²) in [6, 6.07) is 92.7. The fourth-order valence-corrected chi connectivity index (χ4v) is 9.68. The molecule has 0 radical (unpaired) electrons. The lowest BCUT2D eigenvalue weighted by Gasteiger charge is -2.27. The average molecular weight is 815 g/mol. The standard InChI is InChI=1S/C62H42N2/c1-4-16-43(17-5-1)50-38-51(44-18-6-2-7-19-44)40-52(39-50)46-30-34-54(35-31-46)63(56-36-32-45-20-10-11-22-48(45)41-56)55-26-14-23-49(42-55)57-28-15-29-60-61(57)59-37-33-47-21-12-13-27-58(47)62(59)64(60)53-24-8-3-9-25-53/h1-42H. The molecule has 11 aromatic carbocycles. The molecule has 0 aliphatic heterocycles. The Morgan fingerprint density at radius 1 is 0.281 bits per heavy atom. The summed E-state index contributed by atoms with van der Waals surface area (Å²) in [6.45, 7) is 0. The molecular formula is C62H42N2. The van der Waals surface area contributed by atoms with E-state index in [2.05, 4.69) is 264 Å². The van der Waals surface area contributed by atoms with Gasteiger partial charge in [-0.1, -0.05) is 182 Å². The van der Waals surface area contributed by atoms with Gasteiger partial charge < -0.3 is 9.47 Å². The first kappa shape index (κ1) is 37.3. The van der Waals surface area contributed by atoms with Gasteiger partial charge in [0.15, 0.2) is 0 Å². The molecule has 0 aliphatic carbocycles. The molecule has 2 nitrogen and oxygen atoms in total. The van der Waals surface area contributed by atoms with Crippen molar-refractivity contribution in [2.45, 2.75) is 0 Å². The van der Waals surface area contributed by atoms with Gasteiger partial charge in [-0.3, -0.25) is 0 Å². The van der Waals surface area contributed by atoms with Crippen molar-refractivity contribution in [2.24, 2.45) is 0 Å². The normalized spacial score (nSPS) is 11.4. The second-order valence-corrected chi connectivity index (χ2v) is 16.5. The highest BCUT2D eigenvalue weighted by atomic mass is 15.1. The number of fused-ring (bicyclic) bond motifs is 6. The van der Waals surface area contributed by atoms with Gasteiger partial charge in [-0.2, -0.15) is 0 Å². The van der Waals surface area contributed by atoms with Crippen LogP contribution in [-0.4, -0.2) is 4.57 Å². The van der Waals surface area contributed by atoms with Crippen molar-refractivity contribution in [3.05, 3.63) is 255 Å². The molecule has 0 saturated heterocycles. The molecule has 64 heavy (non-hydrogen) atoms. The van der Waals surface area contributed by atoms with Crippen molar-refractivity contribution in [1.82, 2.24) is 4.57 Å². The zero-order valence-corrected chi connectivity index (χ0v) is 35.1. The molecule has 0 unspecified atom stereocenters. The molecular weight excluding hydrogens is 773 g/mol. The maximum atomic E-state index is 2.45. The molecule has 0 aliphatic rings. The molecule has 0 saturated carbocycles. The summed E-state index contributed by atoms with van der Waals surface area (Å²) in [4.78, 5) is 2.40. The van der Waals surface area contributed by atoms with Crippen molar-refractivity contribution in [2.75, 3.05) is 4.90 Å². The van der Waals surface area contributed by atoms with Gasteiger partial charge in [-0.05, 0) is 133 Å². The Labute approximate surface area is 373 Å². The number of anilines is 3. The van der Waals surface area contributed by atoms with E-state index in [1.165, 1.54) is 82.3 Å². The van der Waals surface area contributed by atoms with Crippen molar-refractivity contribution < 1.29 is 0 Å². The quantitative estimate of drug-likeness (QED) is 0.148. The Hall–Kier alpha value is -8.46. The highest BCUT2D eigenvalue weighted by molar-refractivity contribution is 6.22. The molecule has 1 heterocycles.